The molecule has 28 heavy (non-hydrogen) atoms. The third-order valence-corrected chi connectivity index (χ3v) is 6.21. The van der Waals surface area contributed by atoms with Crippen LogP contribution in [0.15, 0.2) is 47.5 Å². The minimum Gasteiger partial charge on any atom is -0.356 e. The zero-order valence-corrected chi connectivity index (χ0v) is 15.8. The van der Waals surface area contributed by atoms with Crippen molar-refractivity contribution in [3.05, 3.63) is 58.3 Å². The molecule has 1 aromatic heterocycles. The lowest BCUT2D eigenvalue weighted by Gasteiger charge is -2.33. The van der Waals surface area contributed by atoms with Crippen LogP contribution in [0.1, 0.15) is 18.4 Å². The first-order valence-corrected chi connectivity index (χ1v) is 10.2. The predicted molar refractivity (Wildman–Crippen MR) is 102 cm³/mol. The molecular weight excluding hydrogens is 382 g/mol. The third kappa shape index (κ3) is 4.27. The molecule has 1 saturated heterocycles. The number of hydrogen-bond donors (Lipinski definition) is 1. The van der Waals surface area contributed by atoms with E-state index in [1.165, 1.54) is 24.3 Å². The molecule has 9 nitrogen and oxygen atoms in total. The minimum atomic E-state index is -3.97. The van der Waals surface area contributed by atoms with Gasteiger partial charge in [0, 0.05) is 31.9 Å². The Morgan fingerprint density at radius 3 is 2.64 bits per heavy atom. The SMILES string of the molecule is N#Cc1cccnc1N1CCC(CNS(=O)(=O)c2ccccc2[N+](=O)[O-])CC1. The molecule has 0 amide bonds. The fourth-order valence-corrected chi connectivity index (χ4v) is 4.51. The molecule has 1 aliphatic heterocycles. The molecule has 0 spiro atoms. The summed E-state index contributed by atoms with van der Waals surface area (Å²) < 4.78 is 27.5. The quantitative estimate of drug-likeness (QED) is 0.579. The number of para-hydroxylation sites is 1. The van der Waals surface area contributed by atoms with Gasteiger partial charge in [-0.15, -0.1) is 0 Å². The van der Waals surface area contributed by atoms with E-state index in [0.717, 1.165) is 12.8 Å². The number of anilines is 1. The Hall–Kier alpha value is -3.03. The lowest BCUT2D eigenvalue weighted by Crippen LogP contribution is -2.39. The maximum absolute atomic E-state index is 12.5. The van der Waals surface area contributed by atoms with Gasteiger partial charge in [-0.1, -0.05) is 12.1 Å². The highest BCUT2D eigenvalue weighted by atomic mass is 32.2. The number of hydrogen-bond acceptors (Lipinski definition) is 7. The van der Waals surface area contributed by atoms with Gasteiger partial charge in [-0.25, -0.2) is 18.1 Å². The Kier molecular flexibility index (Phi) is 5.87. The van der Waals surface area contributed by atoms with Gasteiger partial charge in [0.05, 0.1) is 10.5 Å². The maximum atomic E-state index is 12.5. The maximum Gasteiger partial charge on any atom is 0.289 e. The summed E-state index contributed by atoms with van der Waals surface area (Å²) in [4.78, 5) is 16.3. The van der Waals surface area contributed by atoms with E-state index in [0.29, 0.717) is 24.5 Å². The number of benzene rings is 1. The van der Waals surface area contributed by atoms with Gasteiger partial charge in [0.2, 0.25) is 10.0 Å². The molecule has 0 atom stereocenters. The van der Waals surface area contributed by atoms with Crippen LogP contribution in [0.4, 0.5) is 11.5 Å². The van der Waals surface area contributed by atoms with Crippen molar-refractivity contribution in [2.24, 2.45) is 5.92 Å². The van der Waals surface area contributed by atoms with Crippen LogP contribution in [0, 0.1) is 27.4 Å². The highest BCUT2D eigenvalue weighted by Gasteiger charge is 2.27. The van der Waals surface area contributed by atoms with Gasteiger partial charge >= 0.3 is 0 Å². The number of nitro groups is 1. The predicted octanol–water partition coefficient (Wildman–Crippen LogP) is 2.06. The van der Waals surface area contributed by atoms with Crippen molar-refractivity contribution in [3.63, 3.8) is 0 Å². The summed E-state index contributed by atoms with van der Waals surface area (Å²) in [5.41, 5.74) is 0.0713. The van der Waals surface area contributed by atoms with Gasteiger partial charge in [0.15, 0.2) is 4.90 Å². The molecule has 2 aromatic rings. The highest BCUT2D eigenvalue weighted by molar-refractivity contribution is 7.89. The number of pyridine rings is 1. The number of rotatable bonds is 6. The molecule has 146 valence electrons. The highest BCUT2D eigenvalue weighted by Crippen LogP contribution is 2.26. The van der Waals surface area contributed by atoms with Crippen molar-refractivity contribution >= 4 is 21.5 Å². The number of nitriles is 1. The Balaban J connectivity index is 1.61. The molecule has 0 saturated carbocycles. The first-order valence-electron chi connectivity index (χ1n) is 8.75. The molecule has 10 heteroatoms. The second-order valence-corrected chi connectivity index (χ2v) is 8.23. The minimum absolute atomic E-state index is 0.100. The van der Waals surface area contributed by atoms with Gasteiger partial charge in [-0.3, -0.25) is 10.1 Å². The number of piperidine rings is 1. The summed E-state index contributed by atoms with van der Waals surface area (Å²) in [7, 11) is -3.97. The average Bonchev–Trinajstić information content (AvgIpc) is 2.72. The first-order chi connectivity index (χ1) is 13.4. The Morgan fingerprint density at radius 1 is 1.25 bits per heavy atom. The first kappa shape index (κ1) is 19.7. The zero-order valence-electron chi connectivity index (χ0n) is 15.0. The Bertz CT molecular complexity index is 1010. The number of nitrogens with zero attached hydrogens (tertiary/aromatic N) is 4. The molecular formula is C18H19N5O4S. The van der Waals surface area contributed by atoms with Crippen LogP contribution in [0.3, 0.4) is 0 Å². The molecule has 0 unspecified atom stereocenters. The standard InChI is InChI=1S/C18H19N5O4S/c19-12-15-4-3-9-20-18(15)22-10-7-14(8-11-22)13-21-28(26,27)17-6-2-1-5-16(17)23(24)25/h1-6,9,14,21H,7-8,10-11,13H2. The van der Waals surface area contributed by atoms with E-state index in [9.17, 15) is 23.8 Å². The van der Waals surface area contributed by atoms with Gasteiger partial charge < -0.3 is 4.90 Å². The van der Waals surface area contributed by atoms with Gasteiger partial charge in [-0.2, -0.15) is 5.26 Å². The fraction of sp³-hybridized carbons (Fsp3) is 0.333. The summed E-state index contributed by atoms with van der Waals surface area (Å²) in [6.07, 6.45) is 3.09. The third-order valence-electron chi connectivity index (χ3n) is 4.73. The summed E-state index contributed by atoms with van der Waals surface area (Å²) in [6, 6.07) is 10.9. The van der Waals surface area contributed by atoms with Crippen molar-refractivity contribution in [2.45, 2.75) is 17.7 Å². The van der Waals surface area contributed by atoms with Gasteiger partial charge in [0.25, 0.3) is 5.69 Å². The topological polar surface area (TPSA) is 129 Å². The summed E-state index contributed by atoms with van der Waals surface area (Å²) in [5, 5.41) is 20.3. The molecule has 1 N–H and O–H groups in total. The van der Waals surface area contributed by atoms with E-state index in [-0.39, 0.29) is 17.4 Å². The van der Waals surface area contributed by atoms with Crippen molar-refractivity contribution < 1.29 is 13.3 Å². The second-order valence-electron chi connectivity index (χ2n) is 6.49. The molecule has 0 radical (unpaired) electrons. The fourth-order valence-electron chi connectivity index (χ4n) is 3.23. The van der Waals surface area contributed by atoms with E-state index < -0.39 is 20.6 Å². The van der Waals surface area contributed by atoms with Crippen LogP contribution in [0.25, 0.3) is 0 Å². The lowest BCUT2D eigenvalue weighted by molar-refractivity contribution is -0.387. The van der Waals surface area contributed by atoms with E-state index in [4.69, 9.17) is 0 Å². The van der Waals surface area contributed by atoms with E-state index in [2.05, 4.69) is 15.8 Å². The van der Waals surface area contributed by atoms with Crippen molar-refractivity contribution in [1.82, 2.24) is 9.71 Å². The number of aromatic nitrogens is 1. The monoisotopic (exact) mass is 401 g/mol. The van der Waals surface area contributed by atoms with Gasteiger partial charge in [-0.05, 0) is 37.0 Å². The van der Waals surface area contributed by atoms with Crippen LogP contribution in [0.5, 0.6) is 0 Å². The number of sulfonamides is 1. The summed E-state index contributed by atoms with van der Waals surface area (Å²) in [6.45, 7) is 1.52. The molecule has 1 aliphatic rings. The average molecular weight is 401 g/mol. The molecule has 1 aromatic carbocycles. The van der Waals surface area contributed by atoms with Crippen LogP contribution >= 0.6 is 0 Å². The zero-order chi connectivity index (χ0) is 20.1. The van der Waals surface area contributed by atoms with Crippen LogP contribution in [-0.2, 0) is 10.0 Å². The lowest BCUT2D eigenvalue weighted by atomic mass is 9.97. The molecule has 0 bridgehead atoms. The molecule has 2 heterocycles. The van der Waals surface area contributed by atoms with Crippen LogP contribution in [0.2, 0.25) is 0 Å². The molecule has 1 fully saturated rings. The van der Waals surface area contributed by atoms with E-state index >= 15 is 0 Å². The van der Waals surface area contributed by atoms with E-state index in [1.54, 1.807) is 18.3 Å². The smallest absolute Gasteiger partial charge is 0.289 e. The number of nitrogens with one attached hydrogen (secondary N) is 1. The number of nitro benzene ring substituents is 1. The summed E-state index contributed by atoms with van der Waals surface area (Å²) >= 11 is 0. The largest absolute Gasteiger partial charge is 0.356 e. The van der Waals surface area contributed by atoms with Crippen molar-refractivity contribution in [3.8, 4) is 6.07 Å². The van der Waals surface area contributed by atoms with E-state index in [1.807, 2.05) is 4.90 Å². The Morgan fingerprint density at radius 2 is 1.96 bits per heavy atom. The van der Waals surface area contributed by atoms with Crippen LogP contribution < -0.4 is 9.62 Å². The van der Waals surface area contributed by atoms with Crippen LogP contribution in [-0.4, -0.2) is 38.0 Å². The van der Waals surface area contributed by atoms with Crippen molar-refractivity contribution in [1.29, 1.82) is 5.26 Å². The van der Waals surface area contributed by atoms with Crippen molar-refractivity contribution in [2.75, 3.05) is 24.5 Å². The molecule has 3 rings (SSSR count). The second kappa shape index (κ2) is 8.33. The van der Waals surface area contributed by atoms with Gasteiger partial charge in [0.1, 0.15) is 11.9 Å². The normalized spacial score (nSPS) is 15.2. The molecule has 0 aliphatic carbocycles. The Labute approximate surface area is 162 Å². The summed E-state index contributed by atoms with van der Waals surface area (Å²) in [5.74, 6) is 0.743.